The zero-order valence-electron chi connectivity index (χ0n) is 21.5. The van der Waals surface area contributed by atoms with Crippen molar-refractivity contribution in [2.75, 3.05) is 0 Å². The summed E-state index contributed by atoms with van der Waals surface area (Å²) in [6, 6.07) is 0. The van der Waals surface area contributed by atoms with Crippen LogP contribution in [-0.4, -0.2) is 61.2 Å². The number of cyclic esters (lactones) is 1. The maximum absolute atomic E-state index is 13.2. The van der Waals surface area contributed by atoms with Gasteiger partial charge in [0.2, 0.25) is 0 Å². The lowest BCUT2D eigenvalue weighted by Crippen LogP contribution is -2.73. The summed E-state index contributed by atoms with van der Waals surface area (Å²) in [5, 5.41) is 47.4. The Bertz CT molecular complexity index is 1030. The van der Waals surface area contributed by atoms with E-state index in [1.54, 1.807) is 19.9 Å². The second kappa shape index (κ2) is 7.50. The molecular weight excluding hydrogens is 448 g/mol. The van der Waals surface area contributed by atoms with Crippen LogP contribution in [0.3, 0.4) is 0 Å². The fourth-order valence-electron chi connectivity index (χ4n) is 8.94. The summed E-state index contributed by atoms with van der Waals surface area (Å²) < 4.78 is 5.74. The number of rotatable bonds is 2. The molecule has 10 atom stereocenters. The largest absolute Gasteiger partial charge is 0.458 e. The first-order chi connectivity index (χ1) is 16.2. The Labute approximate surface area is 207 Å². The second-order valence-electron chi connectivity index (χ2n) is 12.6. The molecule has 1 aliphatic heterocycles. The van der Waals surface area contributed by atoms with Crippen LogP contribution in [0, 0.1) is 28.6 Å². The lowest BCUT2D eigenvalue weighted by Gasteiger charge is -2.66. The molecule has 3 saturated carbocycles. The van der Waals surface area contributed by atoms with Crippen molar-refractivity contribution >= 4 is 11.8 Å². The molecule has 1 heterocycles. The number of hydrogen-bond acceptors (Lipinski definition) is 7. The van der Waals surface area contributed by atoms with E-state index >= 15 is 0 Å². The van der Waals surface area contributed by atoms with Crippen LogP contribution in [-0.2, 0) is 14.3 Å². The van der Waals surface area contributed by atoms with Crippen LogP contribution >= 0.6 is 0 Å². The molecule has 3 fully saturated rings. The highest BCUT2D eigenvalue weighted by molar-refractivity contribution is 5.97. The molecule has 0 spiro atoms. The molecule has 0 radical (unpaired) electrons. The van der Waals surface area contributed by atoms with E-state index in [0.29, 0.717) is 37.7 Å². The van der Waals surface area contributed by atoms with E-state index in [1.807, 2.05) is 20.8 Å². The molecule has 0 bridgehead atoms. The predicted octanol–water partition coefficient (Wildman–Crippen LogP) is 2.59. The summed E-state index contributed by atoms with van der Waals surface area (Å²) in [7, 11) is 0. The van der Waals surface area contributed by atoms with Crippen molar-refractivity contribution < 1.29 is 34.8 Å². The van der Waals surface area contributed by atoms with Gasteiger partial charge in [-0.1, -0.05) is 25.5 Å². The number of ketones is 1. The standard InChI is InChI=1S/C28H40O7/c1-15-13-20(35-23(31)16(15)2)17(3)26(32)11-12-27(33)19-14-22(30)28(34)9-6-7-21(29)25(28,5)18(19)8-10-24(26,27)4/h6-7,17-20,22,30,32-34H,8-14H2,1-5H3/t17-,18+,19-,20-,22-,24-,25+,26-,27+,28+/m1/s1. The van der Waals surface area contributed by atoms with Crippen molar-refractivity contribution in [2.24, 2.45) is 28.6 Å². The first-order valence-corrected chi connectivity index (χ1v) is 13.1. The molecule has 0 unspecified atom stereocenters. The molecule has 7 heteroatoms. The molecule has 5 aliphatic rings. The molecule has 0 aromatic carbocycles. The van der Waals surface area contributed by atoms with Gasteiger partial charge in [-0.05, 0) is 77.2 Å². The van der Waals surface area contributed by atoms with Gasteiger partial charge in [-0.15, -0.1) is 0 Å². The van der Waals surface area contributed by atoms with Gasteiger partial charge < -0.3 is 25.2 Å². The highest BCUT2D eigenvalue weighted by atomic mass is 16.5. The van der Waals surface area contributed by atoms with Crippen molar-refractivity contribution in [3.63, 3.8) is 0 Å². The zero-order chi connectivity index (χ0) is 25.8. The molecule has 4 aliphatic carbocycles. The van der Waals surface area contributed by atoms with Crippen molar-refractivity contribution in [2.45, 2.75) is 109 Å². The van der Waals surface area contributed by atoms with Crippen molar-refractivity contribution in [3.8, 4) is 0 Å². The summed E-state index contributed by atoms with van der Waals surface area (Å²) in [4.78, 5) is 25.6. The van der Waals surface area contributed by atoms with E-state index < -0.39 is 51.7 Å². The number of aliphatic hydroxyl groups excluding tert-OH is 1. The van der Waals surface area contributed by atoms with Crippen LogP contribution in [0.25, 0.3) is 0 Å². The number of carbonyl (C=O) groups excluding carboxylic acids is 2. The summed E-state index contributed by atoms with van der Waals surface area (Å²) in [6.45, 7) is 9.23. The molecular formula is C28H40O7. The molecule has 0 aromatic heterocycles. The third kappa shape index (κ3) is 2.81. The van der Waals surface area contributed by atoms with Crippen LogP contribution in [0.2, 0.25) is 0 Å². The van der Waals surface area contributed by atoms with Gasteiger partial charge in [-0.25, -0.2) is 4.79 Å². The number of carbonyl (C=O) groups is 2. The molecule has 0 aromatic rings. The lowest BCUT2D eigenvalue weighted by atomic mass is 9.41. The lowest BCUT2D eigenvalue weighted by molar-refractivity contribution is -0.280. The van der Waals surface area contributed by atoms with E-state index in [-0.39, 0.29) is 30.5 Å². The Balaban J connectivity index is 1.52. The fourth-order valence-corrected chi connectivity index (χ4v) is 8.94. The molecule has 0 saturated heterocycles. The van der Waals surface area contributed by atoms with Crippen LogP contribution in [0.4, 0.5) is 0 Å². The van der Waals surface area contributed by atoms with E-state index in [2.05, 4.69) is 0 Å². The molecule has 194 valence electrons. The normalized spacial score (nSPS) is 52.5. The van der Waals surface area contributed by atoms with Crippen LogP contribution in [0.5, 0.6) is 0 Å². The molecule has 0 amide bonds. The quantitative estimate of drug-likeness (QED) is 0.441. The minimum atomic E-state index is -1.57. The number of esters is 1. The summed E-state index contributed by atoms with van der Waals surface area (Å²) in [5.41, 5.74) is -4.75. The summed E-state index contributed by atoms with van der Waals surface area (Å²) in [5.74, 6) is -1.74. The van der Waals surface area contributed by atoms with Gasteiger partial charge in [0.15, 0.2) is 5.78 Å². The minimum Gasteiger partial charge on any atom is -0.458 e. The number of fused-ring (bicyclic) bond motifs is 5. The maximum atomic E-state index is 13.2. The third-order valence-corrected chi connectivity index (χ3v) is 11.8. The van der Waals surface area contributed by atoms with E-state index in [4.69, 9.17) is 4.74 Å². The molecule has 35 heavy (non-hydrogen) atoms. The zero-order valence-corrected chi connectivity index (χ0v) is 21.5. The first kappa shape index (κ1) is 25.1. The van der Waals surface area contributed by atoms with Gasteiger partial charge in [0.05, 0.1) is 22.7 Å². The maximum Gasteiger partial charge on any atom is 0.333 e. The molecule has 5 rings (SSSR count). The van der Waals surface area contributed by atoms with Gasteiger partial charge in [-0.2, -0.15) is 0 Å². The highest BCUT2D eigenvalue weighted by Gasteiger charge is 2.76. The number of allylic oxidation sites excluding steroid dienone is 1. The topological polar surface area (TPSA) is 124 Å². The Hall–Kier alpha value is -1.54. The van der Waals surface area contributed by atoms with E-state index in [9.17, 15) is 30.0 Å². The van der Waals surface area contributed by atoms with Gasteiger partial charge in [0, 0.05) is 23.3 Å². The smallest absolute Gasteiger partial charge is 0.333 e. The van der Waals surface area contributed by atoms with Gasteiger partial charge in [0.1, 0.15) is 11.7 Å². The summed E-state index contributed by atoms with van der Waals surface area (Å²) >= 11 is 0. The average Bonchev–Trinajstić information content (AvgIpc) is 3.02. The second-order valence-corrected chi connectivity index (χ2v) is 12.6. The van der Waals surface area contributed by atoms with Crippen LogP contribution in [0.15, 0.2) is 23.3 Å². The van der Waals surface area contributed by atoms with Crippen LogP contribution < -0.4 is 0 Å². The van der Waals surface area contributed by atoms with Gasteiger partial charge in [0.25, 0.3) is 0 Å². The SMILES string of the molecule is CC1=C(C)C(=O)O[C@@H]([C@@H](C)[C@]2(O)CC[C@]3(O)[C@@H]4C[C@@H](O)[C@@]5(O)CC=CC(=O)[C@]5(C)[C@H]4CC[C@]23C)C1. The Morgan fingerprint density at radius 3 is 2.37 bits per heavy atom. The van der Waals surface area contributed by atoms with E-state index in [1.165, 1.54) is 6.08 Å². The van der Waals surface area contributed by atoms with Crippen molar-refractivity contribution in [1.82, 2.24) is 0 Å². The fraction of sp³-hybridized carbons (Fsp3) is 0.786. The number of ether oxygens (including phenoxy) is 1. The van der Waals surface area contributed by atoms with Crippen molar-refractivity contribution in [1.29, 1.82) is 0 Å². The Morgan fingerprint density at radius 2 is 1.71 bits per heavy atom. The molecule has 7 nitrogen and oxygen atoms in total. The minimum absolute atomic E-state index is 0.174. The molecule has 4 N–H and O–H groups in total. The van der Waals surface area contributed by atoms with Gasteiger partial charge in [-0.3, -0.25) is 4.79 Å². The number of aliphatic hydroxyl groups is 4. The monoisotopic (exact) mass is 488 g/mol. The summed E-state index contributed by atoms with van der Waals surface area (Å²) in [6.07, 6.45) is 4.10. The Kier molecular flexibility index (Phi) is 5.38. The highest BCUT2D eigenvalue weighted by Crippen LogP contribution is 2.71. The van der Waals surface area contributed by atoms with Crippen LogP contribution in [0.1, 0.15) is 79.6 Å². The average molecular weight is 489 g/mol. The Morgan fingerprint density at radius 1 is 1.03 bits per heavy atom. The number of hydrogen-bond donors (Lipinski definition) is 4. The van der Waals surface area contributed by atoms with Gasteiger partial charge >= 0.3 is 5.97 Å². The predicted molar refractivity (Wildman–Crippen MR) is 128 cm³/mol. The third-order valence-electron chi connectivity index (χ3n) is 11.8. The first-order valence-electron chi connectivity index (χ1n) is 13.1. The van der Waals surface area contributed by atoms with Crippen molar-refractivity contribution in [3.05, 3.63) is 23.3 Å². The van der Waals surface area contributed by atoms with E-state index in [0.717, 1.165) is 5.57 Å².